The minimum absolute atomic E-state index is 0.223. The summed E-state index contributed by atoms with van der Waals surface area (Å²) < 4.78 is 14.4. The highest BCUT2D eigenvalue weighted by Crippen LogP contribution is 2.18. The minimum atomic E-state index is -0.801. The lowest BCUT2D eigenvalue weighted by Crippen LogP contribution is -2.45. The number of nitrogens with one attached hydrogen (secondary N) is 1. The molecule has 5 nitrogen and oxygen atoms in total. The third-order valence-corrected chi connectivity index (χ3v) is 4.30. The number of benzene rings is 1. The maximum absolute atomic E-state index is 13.6. The van der Waals surface area contributed by atoms with E-state index in [1.54, 1.807) is 17.0 Å². The van der Waals surface area contributed by atoms with Crippen LogP contribution in [-0.2, 0) is 11.2 Å². The molecule has 0 atom stereocenters. The highest BCUT2D eigenvalue weighted by molar-refractivity contribution is 9.10. The van der Waals surface area contributed by atoms with Crippen LogP contribution in [0.15, 0.2) is 22.7 Å². The van der Waals surface area contributed by atoms with E-state index in [-0.39, 0.29) is 17.8 Å². The van der Waals surface area contributed by atoms with E-state index in [0.717, 1.165) is 4.47 Å². The Morgan fingerprint density at radius 2 is 2.05 bits per heavy atom. The maximum atomic E-state index is 13.6. The number of carbonyl (C=O) groups excluding carboxylic acids is 1. The fourth-order valence-corrected chi connectivity index (χ4v) is 2.89. The second kappa shape index (κ2) is 7.58. The van der Waals surface area contributed by atoms with Crippen LogP contribution < -0.4 is 5.32 Å². The molecule has 2 rings (SSSR count). The second-order valence-corrected chi connectivity index (χ2v) is 6.23. The third kappa shape index (κ3) is 4.43. The molecule has 1 saturated heterocycles. The molecule has 0 radical (unpaired) electrons. The van der Waals surface area contributed by atoms with Crippen LogP contribution in [0, 0.1) is 11.7 Å². The van der Waals surface area contributed by atoms with Gasteiger partial charge in [0.05, 0.1) is 5.92 Å². The molecule has 120 valence electrons. The molecule has 22 heavy (non-hydrogen) atoms. The Bertz CT molecular complexity index is 560. The van der Waals surface area contributed by atoms with Crippen molar-refractivity contribution >= 4 is 27.9 Å². The first-order valence-electron chi connectivity index (χ1n) is 7.17. The molecule has 1 heterocycles. The van der Waals surface area contributed by atoms with Crippen LogP contribution in [-0.4, -0.2) is 41.6 Å². The standard InChI is InChI=1S/C15H18BrFN2O3/c16-12-1-2-13(17)11(9-12)3-6-18-15(22)19-7-4-10(5-8-19)14(20)21/h1-2,9-10H,3-8H2,(H,18,22)(H,20,21). The molecular weight excluding hydrogens is 355 g/mol. The van der Waals surface area contributed by atoms with Crippen LogP contribution in [0.5, 0.6) is 0 Å². The lowest BCUT2D eigenvalue weighted by Gasteiger charge is -2.30. The molecule has 1 aliphatic heterocycles. The van der Waals surface area contributed by atoms with E-state index in [0.29, 0.717) is 44.5 Å². The van der Waals surface area contributed by atoms with Gasteiger partial charge in [0.2, 0.25) is 0 Å². The zero-order chi connectivity index (χ0) is 16.1. The van der Waals surface area contributed by atoms with Crippen molar-refractivity contribution in [2.75, 3.05) is 19.6 Å². The molecule has 0 bridgehead atoms. The van der Waals surface area contributed by atoms with Crippen molar-refractivity contribution in [3.8, 4) is 0 Å². The van der Waals surface area contributed by atoms with Crippen LogP contribution in [0.4, 0.5) is 9.18 Å². The number of carboxylic acids is 1. The first kappa shape index (κ1) is 16.7. The number of amides is 2. The van der Waals surface area contributed by atoms with Gasteiger partial charge in [-0.05, 0) is 43.0 Å². The fraction of sp³-hybridized carbons (Fsp3) is 0.467. The maximum Gasteiger partial charge on any atom is 0.317 e. The molecule has 1 fully saturated rings. The molecule has 1 aromatic rings. The van der Waals surface area contributed by atoms with E-state index < -0.39 is 5.97 Å². The van der Waals surface area contributed by atoms with E-state index in [1.165, 1.54) is 6.07 Å². The number of nitrogens with zero attached hydrogens (tertiary/aromatic N) is 1. The Morgan fingerprint density at radius 3 is 2.68 bits per heavy atom. The Morgan fingerprint density at radius 1 is 1.36 bits per heavy atom. The fourth-order valence-electron chi connectivity index (χ4n) is 2.48. The highest BCUT2D eigenvalue weighted by atomic mass is 79.9. The average Bonchev–Trinajstić information content (AvgIpc) is 2.50. The van der Waals surface area contributed by atoms with Crippen LogP contribution >= 0.6 is 15.9 Å². The average molecular weight is 373 g/mol. The van der Waals surface area contributed by atoms with Crippen molar-refractivity contribution in [1.29, 1.82) is 0 Å². The van der Waals surface area contributed by atoms with Gasteiger partial charge >= 0.3 is 12.0 Å². The zero-order valence-corrected chi connectivity index (χ0v) is 13.6. The van der Waals surface area contributed by atoms with Gasteiger partial charge in [-0.1, -0.05) is 15.9 Å². The number of hydrogen-bond donors (Lipinski definition) is 2. The van der Waals surface area contributed by atoms with E-state index in [2.05, 4.69) is 21.2 Å². The number of rotatable bonds is 4. The summed E-state index contributed by atoms with van der Waals surface area (Å²) in [6.45, 7) is 1.22. The number of piperidine rings is 1. The SMILES string of the molecule is O=C(O)C1CCN(C(=O)NCCc2cc(Br)ccc2F)CC1. The van der Waals surface area contributed by atoms with Crippen LogP contribution in [0.25, 0.3) is 0 Å². The van der Waals surface area contributed by atoms with Crippen molar-refractivity contribution in [3.05, 3.63) is 34.1 Å². The summed E-state index contributed by atoms with van der Waals surface area (Å²) in [5, 5.41) is 11.7. The topological polar surface area (TPSA) is 69.6 Å². The molecule has 2 N–H and O–H groups in total. The van der Waals surface area contributed by atoms with E-state index >= 15 is 0 Å². The van der Waals surface area contributed by atoms with Crippen molar-refractivity contribution in [2.45, 2.75) is 19.3 Å². The molecule has 7 heteroatoms. The van der Waals surface area contributed by atoms with Crippen molar-refractivity contribution in [3.63, 3.8) is 0 Å². The van der Waals surface area contributed by atoms with Crippen LogP contribution in [0.2, 0.25) is 0 Å². The lowest BCUT2D eigenvalue weighted by molar-refractivity contribution is -0.143. The molecule has 0 spiro atoms. The highest BCUT2D eigenvalue weighted by Gasteiger charge is 2.26. The van der Waals surface area contributed by atoms with Gasteiger partial charge in [-0.15, -0.1) is 0 Å². The number of hydrogen-bond acceptors (Lipinski definition) is 2. The normalized spacial score (nSPS) is 15.6. The minimum Gasteiger partial charge on any atom is -0.481 e. The number of halogens is 2. The predicted molar refractivity (Wildman–Crippen MR) is 83.1 cm³/mol. The molecule has 1 aliphatic rings. The summed E-state index contributed by atoms with van der Waals surface area (Å²) in [6, 6.07) is 4.49. The van der Waals surface area contributed by atoms with Crippen molar-refractivity contribution in [2.24, 2.45) is 5.92 Å². The summed E-state index contributed by atoms with van der Waals surface area (Å²) in [5.41, 5.74) is 0.541. The van der Waals surface area contributed by atoms with E-state index in [1.807, 2.05) is 0 Å². The summed E-state index contributed by atoms with van der Waals surface area (Å²) in [6.07, 6.45) is 1.36. The number of carbonyl (C=O) groups is 2. The smallest absolute Gasteiger partial charge is 0.317 e. The van der Waals surface area contributed by atoms with Gasteiger partial charge in [0, 0.05) is 24.1 Å². The van der Waals surface area contributed by atoms with Crippen molar-refractivity contribution < 1.29 is 19.1 Å². The van der Waals surface area contributed by atoms with Gasteiger partial charge in [-0.2, -0.15) is 0 Å². The van der Waals surface area contributed by atoms with Gasteiger partial charge in [0.15, 0.2) is 0 Å². The van der Waals surface area contributed by atoms with Crippen LogP contribution in [0.1, 0.15) is 18.4 Å². The largest absolute Gasteiger partial charge is 0.481 e. The summed E-state index contributed by atoms with van der Waals surface area (Å²) in [7, 11) is 0. The number of aliphatic carboxylic acids is 1. The first-order chi connectivity index (χ1) is 10.5. The second-order valence-electron chi connectivity index (χ2n) is 5.32. The summed E-state index contributed by atoms with van der Waals surface area (Å²) in [5.74, 6) is -1.45. The lowest BCUT2D eigenvalue weighted by atomic mass is 9.97. The Kier molecular flexibility index (Phi) is 5.76. The molecule has 0 aliphatic carbocycles. The number of carboxylic acid groups (broad SMARTS) is 1. The predicted octanol–water partition coefficient (Wildman–Crippen LogP) is 2.64. The monoisotopic (exact) mass is 372 g/mol. The van der Waals surface area contributed by atoms with E-state index in [9.17, 15) is 14.0 Å². The van der Waals surface area contributed by atoms with E-state index in [4.69, 9.17) is 5.11 Å². The number of likely N-dealkylation sites (tertiary alicyclic amines) is 1. The number of urea groups is 1. The third-order valence-electron chi connectivity index (χ3n) is 3.81. The Hall–Kier alpha value is -1.63. The first-order valence-corrected chi connectivity index (χ1v) is 7.96. The van der Waals surface area contributed by atoms with Gasteiger partial charge in [-0.3, -0.25) is 4.79 Å². The zero-order valence-electron chi connectivity index (χ0n) is 12.0. The molecule has 0 aromatic heterocycles. The Balaban J connectivity index is 1.76. The van der Waals surface area contributed by atoms with Gasteiger partial charge < -0.3 is 15.3 Å². The quantitative estimate of drug-likeness (QED) is 0.853. The molecule has 1 aromatic carbocycles. The molecular formula is C15H18BrFN2O3. The summed E-state index contributed by atoms with van der Waals surface area (Å²) in [4.78, 5) is 24.4. The molecule has 0 saturated carbocycles. The Labute approximate surface area is 136 Å². The molecule has 2 amide bonds. The van der Waals surface area contributed by atoms with Gasteiger partial charge in [0.25, 0.3) is 0 Å². The van der Waals surface area contributed by atoms with Gasteiger partial charge in [0.1, 0.15) is 5.82 Å². The summed E-state index contributed by atoms with van der Waals surface area (Å²) >= 11 is 3.29. The molecule has 0 unspecified atom stereocenters. The van der Waals surface area contributed by atoms with Crippen LogP contribution in [0.3, 0.4) is 0 Å². The van der Waals surface area contributed by atoms with Gasteiger partial charge in [-0.25, -0.2) is 9.18 Å². The van der Waals surface area contributed by atoms with Crippen molar-refractivity contribution in [1.82, 2.24) is 10.2 Å².